The summed E-state index contributed by atoms with van der Waals surface area (Å²) >= 11 is 0. The lowest BCUT2D eigenvalue weighted by atomic mass is 10.2. The van der Waals surface area contributed by atoms with Gasteiger partial charge < -0.3 is 4.74 Å². The zero-order chi connectivity index (χ0) is 10.8. The fourth-order valence-electron chi connectivity index (χ4n) is 1.42. The molecule has 2 rings (SSSR count). The molecule has 15 heavy (non-hydrogen) atoms. The molecule has 0 bridgehead atoms. The molecule has 0 saturated heterocycles. The van der Waals surface area contributed by atoms with Crippen LogP contribution in [0.5, 0.6) is 5.75 Å². The summed E-state index contributed by atoms with van der Waals surface area (Å²) in [6, 6.07) is 5.82. The summed E-state index contributed by atoms with van der Waals surface area (Å²) in [5, 5.41) is 1.04. The van der Waals surface area contributed by atoms with Crippen molar-refractivity contribution in [2.45, 2.75) is 19.8 Å². The first kappa shape index (κ1) is 9.90. The Bertz CT molecular complexity index is 480. The zero-order valence-electron chi connectivity index (χ0n) is 9.19. The van der Waals surface area contributed by atoms with Gasteiger partial charge in [-0.25, -0.2) is 9.97 Å². The van der Waals surface area contributed by atoms with E-state index in [9.17, 15) is 0 Å². The molecule has 0 spiro atoms. The van der Waals surface area contributed by atoms with Gasteiger partial charge in [-0.2, -0.15) is 0 Å². The van der Waals surface area contributed by atoms with E-state index < -0.39 is 0 Å². The number of benzene rings is 1. The lowest BCUT2D eigenvalue weighted by Gasteiger charge is -2.05. The monoisotopic (exact) mass is 202 g/mol. The quantitative estimate of drug-likeness (QED) is 0.751. The molecule has 0 atom stereocenters. The minimum Gasteiger partial charge on any atom is -0.497 e. The van der Waals surface area contributed by atoms with Crippen LogP contribution in [0.3, 0.4) is 0 Å². The summed E-state index contributed by atoms with van der Waals surface area (Å²) in [4.78, 5) is 8.80. The predicted octanol–water partition coefficient (Wildman–Crippen LogP) is 2.76. The lowest BCUT2D eigenvalue weighted by Crippen LogP contribution is -1.97. The van der Waals surface area contributed by atoms with Crippen molar-refractivity contribution >= 4 is 10.9 Å². The van der Waals surface area contributed by atoms with Crippen LogP contribution < -0.4 is 4.74 Å². The number of nitrogens with zero attached hydrogens (tertiary/aromatic N) is 2. The van der Waals surface area contributed by atoms with Gasteiger partial charge in [-0.15, -0.1) is 0 Å². The second-order valence-corrected chi connectivity index (χ2v) is 3.81. The molecule has 0 aliphatic rings. The maximum absolute atomic E-state index is 5.16. The first-order chi connectivity index (χ1) is 7.20. The minimum atomic E-state index is 0.348. The first-order valence-corrected chi connectivity index (χ1v) is 5.01. The highest BCUT2D eigenvalue weighted by Gasteiger charge is 2.04. The molecule has 0 saturated carbocycles. The molecule has 78 valence electrons. The maximum Gasteiger partial charge on any atom is 0.131 e. The van der Waals surface area contributed by atoms with Gasteiger partial charge in [-0.1, -0.05) is 13.8 Å². The molecule has 0 aliphatic carbocycles. The van der Waals surface area contributed by atoms with Crippen LogP contribution in [0.2, 0.25) is 0 Å². The van der Waals surface area contributed by atoms with Crippen molar-refractivity contribution < 1.29 is 4.74 Å². The molecule has 0 radical (unpaired) electrons. The van der Waals surface area contributed by atoms with Crippen molar-refractivity contribution in [1.82, 2.24) is 9.97 Å². The van der Waals surface area contributed by atoms with E-state index in [1.165, 1.54) is 0 Å². The van der Waals surface area contributed by atoms with Gasteiger partial charge in [-0.3, -0.25) is 0 Å². The number of aromatic nitrogens is 2. The number of rotatable bonds is 2. The summed E-state index contributed by atoms with van der Waals surface area (Å²) in [7, 11) is 1.66. The van der Waals surface area contributed by atoms with E-state index in [2.05, 4.69) is 23.8 Å². The average Bonchev–Trinajstić information content (AvgIpc) is 2.27. The van der Waals surface area contributed by atoms with E-state index in [4.69, 9.17) is 4.74 Å². The molecule has 0 amide bonds. The van der Waals surface area contributed by atoms with Crippen LogP contribution in [0.4, 0.5) is 0 Å². The van der Waals surface area contributed by atoms with Gasteiger partial charge in [0.05, 0.1) is 12.6 Å². The van der Waals surface area contributed by atoms with Gasteiger partial charge >= 0.3 is 0 Å². The fourth-order valence-corrected chi connectivity index (χ4v) is 1.42. The number of ether oxygens (including phenoxy) is 1. The number of hydrogen-bond donors (Lipinski definition) is 0. The third-order valence-electron chi connectivity index (χ3n) is 2.32. The lowest BCUT2D eigenvalue weighted by molar-refractivity contribution is 0.415. The van der Waals surface area contributed by atoms with E-state index in [0.29, 0.717) is 5.92 Å². The minimum absolute atomic E-state index is 0.348. The maximum atomic E-state index is 5.16. The Hall–Kier alpha value is -1.64. The highest BCUT2D eigenvalue weighted by Crippen LogP contribution is 2.20. The Morgan fingerprint density at radius 3 is 2.73 bits per heavy atom. The predicted molar refractivity (Wildman–Crippen MR) is 60.2 cm³/mol. The van der Waals surface area contributed by atoms with Crippen molar-refractivity contribution in [3.63, 3.8) is 0 Å². The number of methoxy groups -OCH3 is 1. The highest BCUT2D eigenvalue weighted by atomic mass is 16.5. The summed E-state index contributed by atoms with van der Waals surface area (Å²) in [6.45, 7) is 4.17. The summed E-state index contributed by atoms with van der Waals surface area (Å²) < 4.78 is 5.16. The molecular weight excluding hydrogens is 188 g/mol. The molecule has 3 nitrogen and oxygen atoms in total. The van der Waals surface area contributed by atoms with Crippen LogP contribution in [-0.4, -0.2) is 17.1 Å². The SMILES string of the molecule is COc1ccc2cnc(C(C)C)nc2c1. The van der Waals surface area contributed by atoms with Gasteiger partial charge in [-0.05, 0) is 12.1 Å². The topological polar surface area (TPSA) is 35.0 Å². The van der Waals surface area contributed by atoms with E-state index >= 15 is 0 Å². The van der Waals surface area contributed by atoms with Crippen molar-refractivity contribution in [2.24, 2.45) is 0 Å². The van der Waals surface area contributed by atoms with E-state index in [1.54, 1.807) is 7.11 Å². The van der Waals surface area contributed by atoms with Gasteiger partial charge in [0, 0.05) is 23.6 Å². The Labute approximate surface area is 89.1 Å². The molecule has 0 fully saturated rings. The second-order valence-electron chi connectivity index (χ2n) is 3.81. The van der Waals surface area contributed by atoms with Gasteiger partial charge in [0.1, 0.15) is 11.6 Å². The molecule has 2 aromatic rings. The van der Waals surface area contributed by atoms with Crippen LogP contribution in [0.1, 0.15) is 25.6 Å². The summed E-state index contributed by atoms with van der Waals surface area (Å²) in [6.07, 6.45) is 1.86. The van der Waals surface area contributed by atoms with Crippen LogP contribution in [0.15, 0.2) is 24.4 Å². The molecule has 0 aliphatic heterocycles. The Kier molecular flexibility index (Phi) is 2.54. The normalized spacial score (nSPS) is 10.9. The molecule has 1 aromatic carbocycles. The molecule has 0 N–H and O–H groups in total. The largest absolute Gasteiger partial charge is 0.497 e. The van der Waals surface area contributed by atoms with Crippen LogP contribution in [0.25, 0.3) is 10.9 Å². The van der Waals surface area contributed by atoms with E-state index in [0.717, 1.165) is 22.5 Å². The van der Waals surface area contributed by atoms with Crippen LogP contribution in [0, 0.1) is 0 Å². The Morgan fingerprint density at radius 2 is 2.07 bits per heavy atom. The standard InChI is InChI=1S/C12H14N2O/c1-8(2)12-13-7-9-4-5-10(15-3)6-11(9)14-12/h4-8H,1-3H3. The van der Waals surface area contributed by atoms with Crippen molar-refractivity contribution in [2.75, 3.05) is 7.11 Å². The molecule has 3 heteroatoms. The van der Waals surface area contributed by atoms with Crippen molar-refractivity contribution in [3.05, 3.63) is 30.2 Å². The second kappa shape index (κ2) is 3.85. The first-order valence-electron chi connectivity index (χ1n) is 5.01. The third-order valence-corrected chi connectivity index (χ3v) is 2.32. The molecule has 1 heterocycles. The van der Waals surface area contributed by atoms with Crippen LogP contribution >= 0.6 is 0 Å². The van der Waals surface area contributed by atoms with E-state index in [1.807, 2.05) is 24.4 Å². The van der Waals surface area contributed by atoms with Crippen molar-refractivity contribution in [3.8, 4) is 5.75 Å². The third kappa shape index (κ3) is 1.91. The molecular formula is C12H14N2O. The number of fused-ring (bicyclic) bond motifs is 1. The van der Waals surface area contributed by atoms with Gasteiger partial charge in [0.25, 0.3) is 0 Å². The fraction of sp³-hybridized carbons (Fsp3) is 0.333. The highest BCUT2D eigenvalue weighted by molar-refractivity contribution is 5.79. The van der Waals surface area contributed by atoms with Crippen molar-refractivity contribution in [1.29, 1.82) is 0 Å². The number of hydrogen-bond acceptors (Lipinski definition) is 3. The van der Waals surface area contributed by atoms with Gasteiger partial charge in [0.15, 0.2) is 0 Å². The molecule has 0 unspecified atom stereocenters. The Morgan fingerprint density at radius 1 is 1.27 bits per heavy atom. The average molecular weight is 202 g/mol. The smallest absolute Gasteiger partial charge is 0.131 e. The summed E-state index contributed by atoms with van der Waals surface area (Å²) in [5.41, 5.74) is 0.938. The van der Waals surface area contributed by atoms with Crippen LogP contribution in [-0.2, 0) is 0 Å². The van der Waals surface area contributed by atoms with Gasteiger partial charge in [0.2, 0.25) is 0 Å². The summed E-state index contributed by atoms with van der Waals surface area (Å²) in [5.74, 6) is 2.05. The zero-order valence-corrected chi connectivity index (χ0v) is 9.19. The molecule has 1 aromatic heterocycles. The Balaban J connectivity index is 2.57. The van der Waals surface area contributed by atoms with E-state index in [-0.39, 0.29) is 0 Å².